The SMILES string of the molecule is Cn1ncc(NC(=O)C2(c3cc(F)ccc3O)NC=C(N)S2)c1N1CCC(CN)CC1. The standard InChI is InChI=1S/C20H26FN7O2S/c1-27-18(28-6-4-12(9-22)5-7-28)15(10-25-27)26-19(30)20(24-11-17(23)31-20)14-8-13(21)2-3-16(14)29/h2-3,8,10-12,24,29H,4-7,9,22-23H2,1H3,(H,26,30). The minimum atomic E-state index is -1.52. The first kappa shape index (κ1) is 21.3. The molecule has 1 saturated heterocycles. The molecule has 1 unspecified atom stereocenters. The molecule has 2 aliphatic heterocycles. The number of anilines is 2. The predicted octanol–water partition coefficient (Wildman–Crippen LogP) is 1.33. The van der Waals surface area contributed by atoms with Crippen molar-refractivity contribution in [3.8, 4) is 5.75 Å². The lowest BCUT2D eigenvalue weighted by molar-refractivity contribution is -0.119. The first-order valence-corrected chi connectivity index (χ1v) is 10.9. The van der Waals surface area contributed by atoms with Crippen LogP contribution in [0.15, 0.2) is 35.6 Å². The van der Waals surface area contributed by atoms with Crippen molar-refractivity contribution in [1.29, 1.82) is 0 Å². The van der Waals surface area contributed by atoms with Crippen LogP contribution >= 0.6 is 11.8 Å². The molecular weight excluding hydrogens is 421 g/mol. The van der Waals surface area contributed by atoms with E-state index in [0.29, 0.717) is 23.2 Å². The van der Waals surface area contributed by atoms with Gasteiger partial charge in [0.25, 0.3) is 5.91 Å². The third-order valence-electron chi connectivity index (χ3n) is 5.75. The van der Waals surface area contributed by atoms with Crippen LogP contribution in [0.1, 0.15) is 18.4 Å². The molecule has 3 heterocycles. The predicted molar refractivity (Wildman–Crippen MR) is 119 cm³/mol. The fourth-order valence-corrected chi connectivity index (χ4v) is 5.06. The van der Waals surface area contributed by atoms with Gasteiger partial charge in [-0.25, -0.2) is 4.39 Å². The van der Waals surface area contributed by atoms with Gasteiger partial charge in [-0.2, -0.15) is 5.10 Å². The largest absolute Gasteiger partial charge is 0.508 e. The van der Waals surface area contributed by atoms with Gasteiger partial charge in [0, 0.05) is 31.9 Å². The Bertz CT molecular complexity index is 1020. The quantitative estimate of drug-likeness (QED) is 0.463. The Labute approximate surface area is 183 Å². The molecule has 9 nitrogen and oxygen atoms in total. The highest BCUT2D eigenvalue weighted by Gasteiger charge is 2.47. The van der Waals surface area contributed by atoms with E-state index in [2.05, 4.69) is 20.6 Å². The Kier molecular flexibility index (Phi) is 5.71. The number of rotatable bonds is 5. The second-order valence-electron chi connectivity index (χ2n) is 7.76. The molecule has 2 aromatic rings. The van der Waals surface area contributed by atoms with E-state index in [4.69, 9.17) is 11.5 Å². The van der Waals surface area contributed by atoms with Crippen LogP contribution in [0.25, 0.3) is 0 Å². The number of thioether (sulfide) groups is 1. The van der Waals surface area contributed by atoms with Gasteiger partial charge in [0.2, 0.25) is 0 Å². The monoisotopic (exact) mass is 447 g/mol. The van der Waals surface area contributed by atoms with Gasteiger partial charge < -0.3 is 32.1 Å². The highest BCUT2D eigenvalue weighted by Crippen LogP contribution is 2.46. The minimum Gasteiger partial charge on any atom is -0.508 e. The van der Waals surface area contributed by atoms with Crippen molar-refractivity contribution < 1.29 is 14.3 Å². The maximum Gasteiger partial charge on any atom is 0.266 e. The number of amides is 1. The van der Waals surface area contributed by atoms with Crippen LogP contribution in [0.5, 0.6) is 5.75 Å². The lowest BCUT2D eigenvalue weighted by Crippen LogP contribution is -2.45. The molecule has 1 aromatic heterocycles. The first-order valence-electron chi connectivity index (χ1n) is 10.0. The normalized spacial score (nSPS) is 21.6. The molecule has 1 amide bonds. The van der Waals surface area contributed by atoms with E-state index < -0.39 is 16.6 Å². The van der Waals surface area contributed by atoms with E-state index in [1.807, 2.05) is 7.05 Å². The molecule has 7 N–H and O–H groups in total. The number of phenols is 1. The molecule has 1 fully saturated rings. The topological polar surface area (TPSA) is 134 Å². The molecule has 2 aliphatic rings. The highest BCUT2D eigenvalue weighted by molar-refractivity contribution is 8.04. The number of piperidine rings is 1. The van der Waals surface area contributed by atoms with Crippen molar-refractivity contribution in [2.24, 2.45) is 24.4 Å². The van der Waals surface area contributed by atoms with Crippen LogP contribution in [-0.2, 0) is 16.7 Å². The number of aromatic nitrogens is 2. The molecule has 4 rings (SSSR count). The second kappa shape index (κ2) is 8.31. The number of aryl methyl sites for hydroxylation is 1. The molecular formula is C20H26FN7O2S. The fourth-order valence-electron chi connectivity index (χ4n) is 4.05. The Hall–Kier alpha value is -2.92. The molecule has 31 heavy (non-hydrogen) atoms. The minimum absolute atomic E-state index is 0.0842. The van der Waals surface area contributed by atoms with Crippen molar-refractivity contribution in [1.82, 2.24) is 15.1 Å². The van der Waals surface area contributed by atoms with Gasteiger partial charge in [-0.1, -0.05) is 11.8 Å². The average Bonchev–Trinajstić information content (AvgIpc) is 3.33. The zero-order chi connectivity index (χ0) is 22.2. The van der Waals surface area contributed by atoms with Crippen molar-refractivity contribution in [2.45, 2.75) is 17.7 Å². The Morgan fingerprint density at radius 3 is 2.84 bits per heavy atom. The van der Waals surface area contributed by atoms with E-state index in [1.165, 1.54) is 12.3 Å². The molecule has 1 atom stereocenters. The van der Waals surface area contributed by atoms with Gasteiger partial charge in [0.15, 0.2) is 10.7 Å². The van der Waals surface area contributed by atoms with Gasteiger partial charge in [-0.3, -0.25) is 9.48 Å². The van der Waals surface area contributed by atoms with E-state index in [0.717, 1.165) is 55.6 Å². The zero-order valence-electron chi connectivity index (χ0n) is 17.1. The molecule has 0 saturated carbocycles. The molecule has 11 heteroatoms. The molecule has 0 bridgehead atoms. The molecule has 0 radical (unpaired) electrons. The summed E-state index contributed by atoms with van der Waals surface area (Å²) in [5, 5.41) is 20.9. The maximum absolute atomic E-state index is 14.0. The number of nitrogens with two attached hydrogens (primary N) is 2. The molecule has 1 aromatic carbocycles. The van der Waals surface area contributed by atoms with Crippen molar-refractivity contribution in [3.63, 3.8) is 0 Å². The smallest absolute Gasteiger partial charge is 0.266 e. The highest BCUT2D eigenvalue weighted by atomic mass is 32.2. The van der Waals surface area contributed by atoms with Gasteiger partial charge in [-0.05, 0) is 43.5 Å². The summed E-state index contributed by atoms with van der Waals surface area (Å²) in [6.07, 6.45) is 4.98. The van der Waals surface area contributed by atoms with Gasteiger partial charge in [-0.15, -0.1) is 0 Å². The lowest BCUT2D eigenvalue weighted by atomic mass is 9.97. The van der Waals surface area contributed by atoms with Crippen LogP contribution in [0.3, 0.4) is 0 Å². The summed E-state index contributed by atoms with van der Waals surface area (Å²) in [6.45, 7) is 2.28. The second-order valence-corrected chi connectivity index (χ2v) is 9.05. The summed E-state index contributed by atoms with van der Waals surface area (Å²) in [6, 6.07) is 3.47. The number of benzene rings is 1. The number of nitrogens with one attached hydrogen (secondary N) is 2. The van der Waals surface area contributed by atoms with E-state index >= 15 is 0 Å². The molecule has 0 spiro atoms. The van der Waals surface area contributed by atoms with Crippen molar-refractivity contribution in [3.05, 3.63) is 47.0 Å². The number of aromatic hydroxyl groups is 1. The summed E-state index contributed by atoms with van der Waals surface area (Å²) in [5.41, 5.74) is 12.3. The number of nitrogens with zero attached hydrogens (tertiary/aromatic N) is 3. The van der Waals surface area contributed by atoms with Crippen molar-refractivity contribution >= 4 is 29.2 Å². The number of carbonyl (C=O) groups excluding carboxylic acids is 1. The Balaban J connectivity index is 1.63. The number of carbonyl (C=O) groups is 1. The first-order chi connectivity index (χ1) is 14.8. The summed E-state index contributed by atoms with van der Waals surface area (Å²) in [4.78, 5) is 14.2. The van der Waals surface area contributed by atoms with Crippen LogP contribution in [0, 0.1) is 11.7 Å². The summed E-state index contributed by atoms with van der Waals surface area (Å²) >= 11 is 1.00. The molecule has 166 valence electrons. The van der Waals surface area contributed by atoms with Gasteiger partial charge in [0.1, 0.15) is 17.3 Å². The van der Waals surface area contributed by atoms with Gasteiger partial charge >= 0.3 is 0 Å². The maximum atomic E-state index is 14.0. The zero-order valence-corrected chi connectivity index (χ0v) is 18.0. The van der Waals surface area contributed by atoms with Crippen molar-refractivity contribution in [2.75, 3.05) is 29.9 Å². The average molecular weight is 448 g/mol. The summed E-state index contributed by atoms with van der Waals surface area (Å²) in [5.74, 6) is -0.00459. The number of hydrogen-bond acceptors (Lipinski definition) is 8. The Morgan fingerprint density at radius 2 is 2.19 bits per heavy atom. The van der Waals surface area contributed by atoms with Crippen LogP contribution in [0.2, 0.25) is 0 Å². The van der Waals surface area contributed by atoms with E-state index in [1.54, 1.807) is 10.9 Å². The Morgan fingerprint density at radius 1 is 1.45 bits per heavy atom. The van der Waals surface area contributed by atoms with Crippen LogP contribution in [0.4, 0.5) is 15.9 Å². The number of phenolic OH excluding ortho intramolecular Hbond substituents is 1. The third-order valence-corrected chi connectivity index (χ3v) is 6.93. The van der Waals surface area contributed by atoms with Crippen LogP contribution in [-0.4, -0.2) is 40.4 Å². The fraction of sp³-hybridized carbons (Fsp3) is 0.400. The summed E-state index contributed by atoms with van der Waals surface area (Å²) < 4.78 is 15.7. The van der Waals surface area contributed by atoms with Gasteiger partial charge in [0.05, 0.1) is 11.2 Å². The van der Waals surface area contributed by atoms with E-state index in [9.17, 15) is 14.3 Å². The molecule has 0 aliphatic carbocycles. The van der Waals surface area contributed by atoms with E-state index in [-0.39, 0.29) is 11.3 Å². The number of halogens is 1. The third kappa shape index (κ3) is 3.90. The summed E-state index contributed by atoms with van der Waals surface area (Å²) in [7, 11) is 1.82. The van der Waals surface area contributed by atoms with Crippen LogP contribution < -0.4 is 27.0 Å². The number of hydrogen-bond donors (Lipinski definition) is 5. The lowest BCUT2D eigenvalue weighted by Gasteiger charge is -2.34.